The highest BCUT2D eigenvalue weighted by atomic mass is 32.1. The zero-order chi connectivity index (χ0) is 41.2. The lowest BCUT2D eigenvalue weighted by molar-refractivity contribution is -0.138. The number of ketones is 1. The number of ether oxygens (including phenoxy) is 1. The number of piperazine rings is 1. The summed E-state index contributed by atoms with van der Waals surface area (Å²) in [5.41, 5.74) is -1.53. The SMILES string of the molecule is Cc1c(N2C(=O)C(C)(C)N(c3ccc(OCCN4CCN(CC(=O)Cc5cccc(CC6CCC(=O)NC6=O)c5)CC4)c(F)c3)C2=S)ccc(C#N)c1C(F)(F)F. The number of alkyl halides is 3. The summed E-state index contributed by atoms with van der Waals surface area (Å²) >= 11 is 5.61. The monoisotopic (exact) mass is 806 g/mol. The van der Waals surface area contributed by atoms with E-state index in [1.807, 2.05) is 24.3 Å². The number of Topliss-reactive ketones (excluding diaryl/α,β-unsaturated/α-hetero) is 1. The second-order valence-electron chi connectivity index (χ2n) is 15.0. The van der Waals surface area contributed by atoms with Gasteiger partial charge < -0.3 is 9.64 Å². The lowest BCUT2D eigenvalue weighted by Gasteiger charge is -2.34. The number of nitrogens with zero attached hydrogens (tertiary/aromatic N) is 5. The van der Waals surface area contributed by atoms with Gasteiger partial charge in [0.05, 0.1) is 29.4 Å². The van der Waals surface area contributed by atoms with E-state index in [1.54, 1.807) is 6.07 Å². The zero-order valence-corrected chi connectivity index (χ0v) is 32.6. The van der Waals surface area contributed by atoms with Gasteiger partial charge in [0.2, 0.25) is 11.8 Å². The fourth-order valence-corrected chi connectivity index (χ4v) is 8.18. The number of amides is 3. The lowest BCUT2D eigenvalue weighted by atomic mass is 9.90. The molecule has 0 spiro atoms. The van der Waals surface area contributed by atoms with Crippen molar-refractivity contribution in [2.24, 2.45) is 5.92 Å². The zero-order valence-electron chi connectivity index (χ0n) is 31.7. The number of imide groups is 1. The molecule has 0 aliphatic carbocycles. The molecule has 0 radical (unpaired) electrons. The number of nitriles is 1. The standard InChI is InChI=1S/C41H42F4N6O5S/c1-25-33(10-7-29(23-46)36(25)41(43,44)45)50-38(55)40(2,3)51(39(50)57)30-9-11-34(32(42)22-30)56-18-17-48-13-15-49(16-14-48)24-31(52)21-27-6-4-5-26(19-27)20-28-8-12-35(53)47-37(28)54/h4-7,9-11,19,22,28H,8,12-18,20-21,24H2,1-3H3,(H,47,53,54). The Morgan fingerprint density at radius 3 is 2.39 bits per heavy atom. The summed E-state index contributed by atoms with van der Waals surface area (Å²) in [6, 6.07) is 15.6. The Balaban J connectivity index is 0.988. The van der Waals surface area contributed by atoms with Crippen LogP contribution in [0.3, 0.4) is 0 Å². The van der Waals surface area contributed by atoms with Crippen molar-refractivity contribution >= 4 is 52.2 Å². The second-order valence-corrected chi connectivity index (χ2v) is 15.4. The second kappa shape index (κ2) is 16.7. The van der Waals surface area contributed by atoms with Gasteiger partial charge in [0.15, 0.2) is 22.5 Å². The van der Waals surface area contributed by atoms with Gasteiger partial charge in [0.25, 0.3) is 5.91 Å². The predicted molar refractivity (Wildman–Crippen MR) is 207 cm³/mol. The van der Waals surface area contributed by atoms with Crippen molar-refractivity contribution in [3.63, 3.8) is 0 Å². The molecule has 3 aliphatic rings. The molecule has 16 heteroatoms. The molecule has 3 heterocycles. The van der Waals surface area contributed by atoms with Gasteiger partial charge in [-0.3, -0.25) is 39.2 Å². The normalized spacial score (nSPS) is 19.2. The molecule has 3 aliphatic heterocycles. The molecule has 300 valence electrons. The fourth-order valence-electron chi connectivity index (χ4n) is 7.66. The molecule has 3 aromatic carbocycles. The highest BCUT2D eigenvalue weighted by Gasteiger charge is 2.51. The van der Waals surface area contributed by atoms with Crippen LogP contribution >= 0.6 is 12.2 Å². The molecule has 11 nitrogen and oxygen atoms in total. The molecule has 0 bridgehead atoms. The molecular weight excluding hydrogens is 765 g/mol. The first kappa shape index (κ1) is 41.4. The van der Waals surface area contributed by atoms with Crippen LogP contribution in [-0.4, -0.2) is 89.8 Å². The van der Waals surface area contributed by atoms with Gasteiger partial charge in [0.1, 0.15) is 12.1 Å². The number of hydrogen-bond donors (Lipinski definition) is 1. The van der Waals surface area contributed by atoms with Crippen molar-refractivity contribution in [2.45, 2.75) is 58.2 Å². The molecule has 1 N–H and O–H groups in total. The van der Waals surface area contributed by atoms with Crippen LogP contribution in [0.5, 0.6) is 5.75 Å². The predicted octanol–water partition coefficient (Wildman–Crippen LogP) is 5.34. The van der Waals surface area contributed by atoms with Crippen LogP contribution in [0.25, 0.3) is 0 Å². The van der Waals surface area contributed by atoms with Crippen molar-refractivity contribution in [3.8, 4) is 11.8 Å². The minimum atomic E-state index is -4.85. The Kier molecular flexibility index (Phi) is 12.1. The minimum absolute atomic E-state index is 0.0204. The number of hydrogen-bond acceptors (Lipinski definition) is 9. The summed E-state index contributed by atoms with van der Waals surface area (Å²) in [7, 11) is 0. The van der Waals surface area contributed by atoms with E-state index in [0.717, 1.165) is 28.2 Å². The van der Waals surface area contributed by atoms with Gasteiger partial charge in [0, 0.05) is 63.2 Å². The topological polar surface area (TPSA) is 126 Å². The van der Waals surface area contributed by atoms with E-state index in [2.05, 4.69) is 15.1 Å². The van der Waals surface area contributed by atoms with Crippen LogP contribution in [0.1, 0.15) is 54.5 Å². The van der Waals surface area contributed by atoms with Crippen molar-refractivity contribution in [1.29, 1.82) is 5.26 Å². The van der Waals surface area contributed by atoms with E-state index in [0.29, 0.717) is 58.5 Å². The van der Waals surface area contributed by atoms with E-state index < -0.39 is 34.6 Å². The molecule has 6 rings (SSSR count). The molecule has 3 amide bonds. The molecule has 1 atom stereocenters. The summed E-state index contributed by atoms with van der Waals surface area (Å²) in [4.78, 5) is 56.9. The largest absolute Gasteiger partial charge is 0.489 e. The molecule has 0 aromatic heterocycles. The van der Waals surface area contributed by atoms with Gasteiger partial charge in [-0.1, -0.05) is 24.3 Å². The summed E-state index contributed by atoms with van der Waals surface area (Å²) < 4.78 is 63.0. The number of carbonyl (C=O) groups is 4. The Morgan fingerprint density at radius 1 is 1.02 bits per heavy atom. The third-order valence-corrected chi connectivity index (χ3v) is 11.0. The molecule has 3 aromatic rings. The van der Waals surface area contributed by atoms with Crippen molar-refractivity contribution < 1.29 is 41.5 Å². The Bertz CT molecular complexity index is 2150. The average molecular weight is 807 g/mol. The van der Waals surface area contributed by atoms with Gasteiger partial charge >= 0.3 is 6.18 Å². The molecule has 3 fully saturated rings. The average Bonchev–Trinajstić information content (AvgIpc) is 3.32. The Hall–Kier alpha value is -5.24. The highest BCUT2D eigenvalue weighted by Crippen LogP contribution is 2.43. The maximum atomic E-state index is 15.5. The Morgan fingerprint density at radius 2 is 1.72 bits per heavy atom. The van der Waals surface area contributed by atoms with Crippen molar-refractivity contribution in [2.75, 3.05) is 55.7 Å². The molecule has 1 unspecified atom stereocenters. The van der Waals surface area contributed by atoms with E-state index in [-0.39, 0.29) is 64.3 Å². The molecule has 0 saturated carbocycles. The number of piperidine rings is 1. The minimum Gasteiger partial charge on any atom is -0.489 e. The summed E-state index contributed by atoms with van der Waals surface area (Å²) in [6.07, 6.45) is -3.22. The highest BCUT2D eigenvalue weighted by molar-refractivity contribution is 7.81. The first-order valence-corrected chi connectivity index (χ1v) is 19.0. The quantitative estimate of drug-likeness (QED) is 0.146. The van der Waals surface area contributed by atoms with Crippen LogP contribution < -0.4 is 19.9 Å². The number of anilines is 2. The van der Waals surface area contributed by atoms with Gasteiger partial charge in [-0.2, -0.15) is 18.4 Å². The maximum Gasteiger partial charge on any atom is 0.418 e. The molecular formula is C41H42F4N6O5S. The number of nitrogens with one attached hydrogen (secondary N) is 1. The number of carbonyl (C=O) groups excluding carboxylic acids is 4. The fraction of sp³-hybridized carbons (Fsp3) is 0.415. The van der Waals surface area contributed by atoms with Gasteiger partial charge in [-0.05, 0) is 86.8 Å². The van der Waals surface area contributed by atoms with Crippen LogP contribution in [0.2, 0.25) is 0 Å². The molecule has 3 saturated heterocycles. The number of thiocarbonyl (C=S) groups is 1. The van der Waals surface area contributed by atoms with Crippen LogP contribution in [-0.2, 0) is 38.2 Å². The van der Waals surface area contributed by atoms with E-state index in [4.69, 9.17) is 17.0 Å². The van der Waals surface area contributed by atoms with E-state index in [1.165, 1.54) is 43.9 Å². The smallest absolute Gasteiger partial charge is 0.418 e. The van der Waals surface area contributed by atoms with Gasteiger partial charge in [-0.15, -0.1) is 0 Å². The van der Waals surface area contributed by atoms with Crippen molar-refractivity contribution in [1.82, 2.24) is 15.1 Å². The van der Waals surface area contributed by atoms with Crippen molar-refractivity contribution in [3.05, 3.63) is 88.2 Å². The summed E-state index contributed by atoms with van der Waals surface area (Å²) in [5.74, 6) is -2.03. The van der Waals surface area contributed by atoms with Crippen LogP contribution in [0.4, 0.5) is 28.9 Å². The summed E-state index contributed by atoms with van der Waals surface area (Å²) in [6.45, 7) is 7.98. The third kappa shape index (κ3) is 9.01. The maximum absolute atomic E-state index is 15.5. The number of benzene rings is 3. The Labute approximate surface area is 333 Å². The summed E-state index contributed by atoms with van der Waals surface area (Å²) in [5, 5.41) is 11.5. The third-order valence-electron chi connectivity index (χ3n) is 10.7. The van der Waals surface area contributed by atoms with E-state index >= 15 is 4.39 Å². The number of halogens is 4. The first-order chi connectivity index (χ1) is 27.0. The first-order valence-electron chi connectivity index (χ1n) is 18.6. The van der Waals surface area contributed by atoms with Crippen LogP contribution in [0.15, 0.2) is 54.6 Å². The van der Waals surface area contributed by atoms with Crippen LogP contribution in [0, 0.1) is 30.0 Å². The number of rotatable bonds is 12. The lowest BCUT2D eigenvalue weighted by Crippen LogP contribution is -2.48. The molecule has 57 heavy (non-hydrogen) atoms. The van der Waals surface area contributed by atoms with E-state index in [9.17, 15) is 37.6 Å². The van der Waals surface area contributed by atoms with Gasteiger partial charge in [-0.25, -0.2) is 4.39 Å².